The summed E-state index contributed by atoms with van der Waals surface area (Å²) in [6.07, 6.45) is 1.63. The normalized spacial score (nSPS) is 15.3. The summed E-state index contributed by atoms with van der Waals surface area (Å²) in [6, 6.07) is 3.71. The summed E-state index contributed by atoms with van der Waals surface area (Å²) in [5, 5.41) is 3.14. The first-order valence-corrected chi connectivity index (χ1v) is 8.02. The van der Waals surface area contributed by atoms with Crippen LogP contribution in [0.25, 0.3) is 22.7 Å². The van der Waals surface area contributed by atoms with Gasteiger partial charge in [-0.25, -0.2) is 15.0 Å². The topological polar surface area (TPSA) is 81.2 Å². The molecule has 1 fully saturated rings. The van der Waals surface area contributed by atoms with Gasteiger partial charge in [-0.1, -0.05) is 0 Å². The molecule has 0 atom stereocenters. The molecule has 126 valence electrons. The molecule has 8 heteroatoms. The van der Waals surface area contributed by atoms with E-state index < -0.39 is 0 Å². The van der Waals surface area contributed by atoms with Gasteiger partial charge in [0.15, 0.2) is 28.6 Å². The number of imidazole rings is 1. The summed E-state index contributed by atoms with van der Waals surface area (Å²) in [5.41, 5.74) is 1.63. The Labute approximate surface area is 139 Å². The van der Waals surface area contributed by atoms with E-state index in [0.29, 0.717) is 31.3 Å². The molecular weight excluding hydrogens is 308 g/mol. The molecule has 4 rings (SSSR count). The van der Waals surface area contributed by atoms with Crippen molar-refractivity contribution in [2.45, 2.75) is 6.54 Å². The second kappa shape index (κ2) is 6.21. The molecule has 1 saturated heterocycles. The largest absolute Gasteiger partial charge is 0.461 e. The Hall–Kier alpha value is -2.45. The number of aryl methyl sites for hydroxylation is 1. The van der Waals surface area contributed by atoms with E-state index in [1.165, 1.54) is 0 Å². The lowest BCUT2D eigenvalue weighted by atomic mass is 10.3. The lowest BCUT2D eigenvalue weighted by Crippen LogP contribution is -2.37. The molecule has 0 bridgehead atoms. The first kappa shape index (κ1) is 15.1. The number of anilines is 1. The SMILES string of the molecule is CNCc1nc2c(N3CCOCC3)nc(-c3ccco3)nc2n1C. The van der Waals surface area contributed by atoms with Gasteiger partial charge in [0.25, 0.3) is 0 Å². The highest BCUT2D eigenvalue weighted by atomic mass is 16.5. The van der Waals surface area contributed by atoms with Crippen LogP contribution in [-0.2, 0) is 18.3 Å². The van der Waals surface area contributed by atoms with E-state index in [1.807, 2.05) is 30.8 Å². The van der Waals surface area contributed by atoms with Crippen molar-refractivity contribution in [2.75, 3.05) is 38.3 Å². The van der Waals surface area contributed by atoms with Gasteiger partial charge in [0.1, 0.15) is 5.82 Å². The standard InChI is InChI=1S/C16H20N6O2/c1-17-10-12-18-13-15(21(12)2)19-14(11-4-3-7-24-11)20-16(13)22-5-8-23-9-6-22/h3-4,7,17H,5-6,8-10H2,1-2H3. The number of morpholine rings is 1. The fourth-order valence-corrected chi connectivity index (χ4v) is 2.92. The van der Waals surface area contributed by atoms with E-state index in [2.05, 4.69) is 15.2 Å². The van der Waals surface area contributed by atoms with E-state index >= 15 is 0 Å². The van der Waals surface area contributed by atoms with Crippen molar-refractivity contribution in [3.05, 3.63) is 24.2 Å². The minimum atomic E-state index is 0.577. The van der Waals surface area contributed by atoms with Crippen LogP contribution in [0.1, 0.15) is 5.82 Å². The third kappa shape index (κ3) is 2.53. The van der Waals surface area contributed by atoms with Crippen molar-refractivity contribution in [3.8, 4) is 11.6 Å². The third-order valence-electron chi connectivity index (χ3n) is 4.18. The lowest BCUT2D eigenvalue weighted by Gasteiger charge is -2.28. The number of hydrogen-bond donors (Lipinski definition) is 1. The number of rotatable bonds is 4. The maximum Gasteiger partial charge on any atom is 0.199 e. The number of furan rings is 1. The van der Waals surface area contributed by atoms with Crippen LogP contribution in [0.4, 0.5) is 5.82 Å². The molecule has 1 aliphatic heterocycles. The molecule has 1 N–H and O–H groups in total. The van der Waals surface area contributed by atoms with E-state index in [4.69, 9.17) is 19.1 Å². The molecule has 4 heterocycles. The minimum absolute atomic E-state index is 0.577. The molecule has 0 amide bonds. The number of aromatic nitrogens is 4. The van der Waals surface area contributed by atoms with E-state index in [1.54, 1.807) is 6.26 Å². The summed E-state index contributed by atoms with van der Waals surface area (Å²) in [5.74, 6) is 3.00. The second-order valence-corrected chi connectivity index (χ2v) is 5.74. The van der Waals surface area contributed by atoms with E-state index in [9.17, 15) is 0 Å². The van der Waals surface area contributed by atoms with Gasteiger partial charge in [-0.3, -0.25) is 0 Å². The van der Waals surface area contributed by atoms with Crippen molar-refractivity contribution in [3.63, 3.8) is 0 Å². The Kier molecular flexibility index (Phi) is 3.91. The number of fused-ring (bicyclic) bond motifs is 1. The van der Waals surface area contributed by atoms with Crippen molar-refractivity contribution >= 4 is 17.0 Å². The molecule has 0 unspecified atom stereocenters. The van der Waals surface area contributed by atoms with Gasteiger partial charge >= 0.3 is 0 Å². The number of hydrogen-bond acceptors (Lipinski definition) is 7. The summed E-state index contributed by atoms with van der Waals surface area (Å²) >= 11 is 0. The van der Waals surface area contributed by atoms with Gasteiger partial charge in [0, 0.05) is 20.1 Å². The third-order valence-corrected chi connectivity index (χ3v) is 4.18. The summed E-state index contributed by atoms with van der Waals surface area (Å²) in [6.45, 7) is 3.64. The van der Waals surface area contributed by atoms with Gasteiger partial charge in [-0.2, -0.15) is 0 Å². The van der Waals surface area contributed by atoms with Crippen LogP contribution < -0.4 is 10.2 Å². The van der Waals surface area contributed by atoms with Crippen LogP contribution in [0, 0.1) is 0 Å². The molecule has 0 saturated carbocycles. The van der Waals surface area contributed by atoms with E-state index in [-0.39, 0.29) is 0 Å². The summed E-state index contributed by atoms with van der Waals surface area (Å²) in [4.78, 5) is 16.4. The predicted octanol–water partition coefficient (Wildman–Crippen LogP) is 1.18. The lowest BCUT2D eigenvalue weighted by molar-refractivity contribution is 0.122. The first-order chi connectivity index (χ1) is 11.8. The molecule has 1 aliphatic rings. The Morgan fingerprint density at radius 1 is 1.21 bits per heavy atom. The van der Waals surface area contributed by atoms with Crippen LogP contribution in [0.5, 0.6) is 0 Å². The Morgan fingerprint density at radius 2 is 2.04 bits per heavy atom. The Morgan fingerprint density at radius 3 is 2.75 bits per heavy atom. The molecule has 0 radical (unpaired) electrons. The maximum atomic E-state index is 5.49. The van der Waals surface area contributed by atoms with Crippen LogP contribution in [-0.4, -0.2) is 52.9 Å². The summed E-state index contributed by atoms with van der Waals surface area (Å²) < 4.78 is 13.0. The zero-order valence-electron chi connectivity index (χ0n) is 13.8. The molecule has 0 spiro atoms. The number of ether oxygens (including phenoxy) is 1. The number of nitrogens with zero attached hydrogens (tertiary/aromatic N) is 5. The molecule has 3 aromatic rings. The minimum Gasteiger partial charge on any atom is -0.461 e. The fraction of sp³-hybridized carbons (Fsp3) is 0.438. The van der Waals surface area contributed by atoms with Crippen molar-refractivity contribution in [1.29, 1.82) is 0 Å². The molecular formula is C16H20N6O2. The van der Waals surface area contributed by atoms with Gasteiger partial charge in [0.2, 0.25) is 0 Å². The molecule has 0 aromatic carbocycles. The smallest absolute Gasteiger partial charge is 0.199 e. The van der Waals surface area contributed by atoms with Crippen molar-refractivity contribution < 1.29 is 9.15 Å². The molecule has 0 aliphatic carbocycles. The zero-order valence-corrected chi connectivity index (χ0v) is 13.8. The van der Waals surface area contributed by atoms with Crippen molar-refractivity contribution in [2.24, 2.45) is 7.05 Å². The zero-order chi connectivity index (χ0) is 16.5. The summed E-state index contributed by atoms with van der Waals surface area (Å²) in [7, 11) is 3.88. The second-order valence-electron chi connectivity index (χ2n) is 5.74. The predicted molar refractivity (Wildman–Crippen MR) is 89.8 cm³/mol. The van der Waals surface area contributed by atoms with Gasteiger partial charge < -0.3 is 23.9 Å². The molecule has 3 aromatic heterocycles. The highest BCUT2D eigenvalue weighted by Crippen LogP contribution is 2.28. The first-order valence-electron chi connectivity index (χ1n) is 8.02. The van der Waals surface area contributed by atoms with Crippen LogP contribution in [0.15, 0.2) is 22.8 Å². The molecule has 24 heavy (non-hydrogen) atoms. The average Bonchev–Trinajstić information content (AvgIpc) is 3.25. The van der Waals surface area contributed by atoms with Gasteiger partial charge in [-0.05, 0) is 19.2 Å². The monoisotopic (exact) mass is 328 g/mol. The van der Waals surface area contributed by atoms with Crippen LogP contribution >= 0.6 is 0 Å². The molecule has 8 nitrogen and oxygen atoms in total. The highest BCUT2D eigenvalue weighted by molar-refractivity contribution is 5.86. The van der Waals surface area contributed by atoms with Crippen LogP contribution in [0.3, 0.4) is 0 Å². The van der Waals surface area contributed by atoms with Gasteiger partial charge in [-0.15, -0.1) is 0 Å². The maximum absolute atomic E-state index is 5.49. The quantitative estimate of drug-likeness (QED) is 0.770. The fourth-order valence-electron chi connectivity index (χ4n) is 2.92. The van der Waals surface area contributed by atoms with Crippen molar-refractivity contribution in [1.82, 2.24) is 24.8 Å². The van der Waals surface area contributed by atoms with Gasteiger partial charge in [0.05, 0.1) is 26.0 Å². The van der Waals surface area contributed by atoms with Crippen LogP contribution in [0.2, 0.25) is 0 Å². The highest BCUT2D eigenvalue weighted by Gasteiger charge is 2.22. The number of nitrogens with one attached hydrogen (secondary N) is 1. The van der Waals surface area contributed by atoms with E-state index in [0.717, 1.165) is 35.9 Å². The Balaban J connectivity index is 1.91. The Bertz CT molecular complexity index is 836. The average molecular weight is 328 g/mol.